The van der Waals surface area contributed by atoms with Crippen LogP contribution in [0.5, 0.6) is 11.5 Å². The van der Waals surface area contributed by atoms with Gasteiger partial charge in [0.1, 0.15) is 46.3 Å². The molecular weight excluding hydrogens is 932 g/mol. The van der Waals surface area contributed by atoms with Crippen molar-refractivity contribution < 1.29 is 28.2 Å². The van der Waals surface area contributed by atoms with Crippen molar-refractivity contribution in [3.8, 4) is 40.1 Å². The van der Waals surface area contributed by atoms with Gasteiger partial charge in [-0.3, -0.25) is 34.3 Å². The zero-order valence-electron chi connectivity index (χ0n) is 41.7. The summed E-state index contributed by atoms with van der Waals surface area (Å²) in [5.74, 6) is 0.810. The molecule has 0 radical (unpaired) electrons. The first-order valence-electron chi connectivity index (χ1n) is 25.2. The number of ether oxygens (including phenoxy) is 2. The van der Waals surface area contributed by atoms with Gasteiger partial charge in [-0.15, -0.1) is 0 Å². The first kappa shape index (κ1) is 48.9. The Kier molecular flexibility index (Phi) is 14.0. The molecule has 0 spiro atoms. The standard InChI is InChI=1S/C53H61FN14O5/c1-33(2)60-52(71)53(25-37-6-11-40(72-3)30-56-37)15-17-66(18-16-53)47-13-5-34(27-57-47)49-50-35(26-55)28-59-68(50)32-44(62-49)36-29-58-67(31-36)39-9-7-38(8-10-39)64-19-21-65(22-20-64)45-24-46(73-4)43(23-41(45)54)61-42-12-14-48(69)63-51(42)70/h5-6,11,13,23-24,27-33,38-39,42,61H,7-10,12,14-22,25H2,1-4H3,(H,60,71)(H,63,69,70)/t38-,39-,42?. The minimum atomic E-state index is -0.651. The zero-order chi connectivity index (χ0) is 50.8. The molecule has 73 heavy (non-hydrogen) atoms. The summed E-state index contributed by atoms with van der Waals surface area (Å²) in [5, 5.41) is 28.0. The number of halogens is 1. The molecule has 3 amide bonds. The predicted octanol–water partition coefficient (Wildman–Crippen LogP) is 5.95. The van der Waals surface area contributed by atoms with Crippen molar-refractivity contribution in [3.05, 3.63) is 90.7 Å². The van der Waals surface area contributed by atoms with Crippen LogP contribution >= 0.6 is 0 Å². The van der Waals surface area contributed by atoms with Crippen LogP contribution in [0.1, 0.15) is 82.5 Å². The molecule has 3 N–H and O–H groups in total. The van der Waals surface area contributed by atoms with E-state index >= 15 is 4.39 Å². The van der Waals surface area contributed by atoms with E-state index in [9.17, 15) is 19.6 Å². The number of carbonyl (C=O) groups is 3. The highest BCUT2D eigenvalue weighted by Gasteiger charge is 2.42. The minimum Gasteiger partial charge on any atom is -0.495 e. The SMILES string of the molecule is COc1ccc(CC2(C(=O)NC(C)C)CCN(c3ccc(-c4nc(-c5cnn([C@H]6CC[C@H](N7CCN(c8cc(OC)c(NC9CCC(=O)NC9=O)cc8F)CC7)CC6)c5)cn5ncc(C#N)c45)cn3)CC2)nc1. The molecule has 4 aliphatic rings. The summed E-state index contributed by atoms with van der Waals surface area (Å²) in [5.41, 5.74) is 4.93. The van der Waals surface area contributed by atoms with E-state index < -0.39 is 23.2 Å². The second-order valence-corrected chi connectivity index (χ2v) is 20.0. The van der Waals surface area contributed by atoms with Gasteiger partial charge in [0.05, 0.1) is 73.2 Å². The lowest BCUT2D eigenvalue weighted by Crippen LogP contribution is -2.51. The third-order valence-corrected chi connectivity index (χ3v) is 15.1. The number of aromatic nitrogens is 7. The molecule has 20 heteroatoms. The number of rotatable bonds is 14. The van der Waals surface area contributed by atoms with Gasteiger partial charge in [0, 0.05) is 106 Å². The average Bonchev–Trinajstić information content (AvgIpc) is 4.08. The number of nitriles is 1. The third kappa shape index (κ3) is 10.2. The molecule has 5 aromatic heterocycles. The number of nitrogens with zero attached hydrogens (tertiary/aromatic N) is 11. The van der Waals surface area contributed by atoms with Crippen LogP contribution in [-0.4, -0.2) is 129 Å². The number of imide groups is 1. The Bertz CT molecular complexity index is 3020. The molecule has 6 aromatic rings. The van der Waals surface area contributed by atoms with Crippen molar-refractivity contribution in [1.29, 1.82) is 5.26 Å². The van der Waals surface area contributed by atoms with Crippen LogP contribution in [0.2, 0.25) is 0 Å². The summed E-state index contributed by atoms with van der Waals surface area (Å²) >= 11 is 0. The van der Waals surface area contributed by atoms with Gasteiger partial charge in [-0.25, -0.2) is 18.9 Å². The molecule has 1 aliphatic carbocycles. The number of piperidine rings is 2. The van der Waals surface area contributed by atoms with Crippen LogP contribution in [0.15, 0.2) is 73.6 Å². The first-order valence-corrected chi connectivity index (χ1v) is 25.2. The third-order valence-electron chi connectivity index (χ3n) is 15.1. The van der Waals surface area contributed by atoms with Crippen molar-refractivity contribution >= 4 is 40.4 Å². The van der Waals surface area contributed by atoms with Gasteiger partial charge < -0.3 is 29.9 Å². The summed E-state index contributed by atoms with van der Waals surface area (Å²) in [7, 11) is 3.13. The smallest absolute Gasteiger partial charge is 0.249 e. The number of pyridine rings is 2. The van der Waals surface area contributed by atoms with Crippen LogP contribution in [0, 0.1) is 22.6 Å². The summed E-state index contributed by atoms with van der Waals surface area (Å²) in [6, 6.07) is 13.1. The van der Waals surface area contributed by atoms with Crippen molar-refractivity contribution in [2.24, 2.45) is 5.41 Å². The maximum absolute atomic E-state index is 15.7. The second kappa shape index (κ2) is 20.8. The van der Waals surface area contributed by atoms with Crippen molar-refractivity contribution in [2.75, 3.05) is 68.6 Å². The molecule has 1 atom stereocenters. The number of carbonyl (C=O) groups excluding carboxylic acids is 3. The summed E-state index contributed by atoms with van der Waals surface area (Å²) < 4.78 is 30.3. The van der Waals surface area contributed by atoms with Crippen LogP contribution in [-0.2, 0) is 20.8 Å². The Balaban J connectivity index is 0.773. The molecule has 1 unspecified atom stereocenters. The van der Waals surface area contributed by atoms with Gasteiger partial charge in [-0.1, -0.05) is 0 Å². The molecule has 3 saturated heterocycles. The van der Waals surface area contributed by atoms with E-state index in [4.69, 9.17) is 24.5 Å². The molecule has 0 bridgehead atoms. The lowest BCUT2D eigenvalue weighted by atomic mass is 9.73. The van der Waals surface area contributed by atoms with E-state index in [1.165, 1.54) is 13.2 Å². The van der Waals surface area contributed by atoms with Gasteiger partial charge in [-0.2, -0.15) is 15.5 Å². The number of methoxy groups -OCH3 is 2. The Morgan fingerprint density at radius 1 is 0.877 bits per heavy atom. The van der Waals surface area contributed by atoms with Gasteiger partial charge in [0.2, 0.25) is 17.7 Å². The zero-order valence-corrected chi connectivity index (χ0v) is 41.7. The molecule has 19 nitrogen and oxygen atoms in total. The summed E-state index contributed by atoms with van der Waals surface area (Å²) in [6.45, 7) is 8.17. The van der Waals surface area contributed by atoms with Gasteiger partial charge in [0.15, 0.2) is 0 Å². The van der Waals surface area contributed by atoms with Gasteiger partial charge >= 0.3 is 0 Å². The van der Waals surface area contributed by atoms with Crippen LogP contribution in [0.25, 0.3) is 28.0 Å². The quantitative estimate of drug-likeness (QED) is 0.108. The maximum Gasteiger partial charge on any atom is 0.249 e. The lowest BCUT2D eigenvalue weighted by Gasteiger charge is -2.42. The van der Waals surface area contributed by atoms with Crippen molar-refractivity contribution in [3.63, 3.8) is 0 Å². The Morgan fingerprint density at radius 2 is 1.66 bits per heavy atom. The summed E-state index contributed by atoms with van der Waals surface area (Å²) in [4.78, 5) is 59.2. The fourth-order valence-corrected chi connectivity index (χ4v) is 11.0. The second-order valence-electron chi connectivity index (χ2n) is 20.0. The number of benzene rings is 1. The monoisotopic (exact) mass is 992 g/mol. The average molecular weight is 993 g/mol. The van der Waals surface area contributed by atoms with E-state index in [1.807, 2.05) is 50.5 Å². The van der Waals surface area contributed by atoms with Crippen molar-refractivity contribution in [1.82, 2.24) is 49.9 Å². The topological polar surface area (TPSA) is 213 Å². The number of piperazine rings is 1. The van der Waals surface area contributed by atoms with Gasteiger partial charge in [-0.05, 0) is 83.1 Å². The summed E-state index contributed by atoms with van der Waals surface area (Å²) in [6.07, 6.45) is 17.1. The number of amides is 3. The Hall–Kier alpha value is -7.66. The molecule has 1 saturated carbocycles. The molecular formula is C53H61FN14O5. The molecule has 380 valence electrons. The largest absolute Gasteiger partial charge is 0.495 e. The highest BCUT2D eigenvalue weighted by atomic mass is 19.1. The maximum atomic E-state index is 15.7. The van der Waals surface area contributed by atoms with Crippen LogP contribution in [0.4, 0.5) is 21.6 Å². The number of hydrogen-bond acceptors (Lipinski definition) is 15. The Labute approximate surface area is 423 Å². The van der Waals surface area contributed by atoms with Crippen molar-refractivity contribution in [2.45, 2.75) is 95.8 Å². The number of fused-ring (bicyclic) bond motifs is 1. The van der Waals surface area contributed by atoms with Crippen LogP contribution < -0.4 is 35.2 Å². The number of nitrogens with one attached hydrogen (secondary N) is 3. The fourth-order valence-electron chi connectivity index (χ4n) is 11.0. The number of hydrogen-bond donors (Lipinski definition) is 3. The van der Waals surface area contributed by atoms with E-state index in [-0.39, 0.29) is 30.3 Å². The predicted molar refractivity (Wildman–Crippen MR) is 272 cm³/mol. The highest BCUT2D eigenvalue weighted by Crippen LogP contribution is 2.39. The molecule has 1 aromatic carbocycles. The fraction of sp³-hybridized carbons (Fsp3) is 0.453. The molecule has 10 rings (SSSR count). The first-order chi connectivity index (χ1) is 35.4. The normalized spacial score (nSPS) is 20.4. The van der Waals surface area contributed by atoms with E-state index in [0.29, 0.717) is 103 Å². The van der Waals surface area contributed by atoms with E-state index in [0.717, 1.165) is 61.4 Å². The van der Waals surface area contributed by atoms with E-state index in [1.54, 1.807) is 36.3 Å². The lowest BCUT2D eigenvalue weighted by molar-refractivity contribution is -0.134. The highest BCUT2D eigenvalue weighted by molar-refractivity contribution is 6.01. The Morgan fingerprint density at radius 3 is 2.33 bits per heavy atom. The molecule has 4 fully saturated rings. The minimum absolute atomic E-state index is 0.0140. The van der Waals surface area contributed by atoms with E-state index in [2.05, 4.69) is 57.7 Å². The molecule has 3 aliphatic heterocycles. The van der Waals surface area contributed by atoms with Gasteiger partial charge in [0.25, 0.3) is 0 Å². The number of anilines is 3. The van der Waals surface area contributed by atoms with Crippen LogP contribution in [0.3, 0.4) is 0 Å². The molecule has 8 heterocycles.